The molecule has 0 saturated carbocycles. The molecular weight excluding hydrogens is 330 g/mol. The highest BCUT2D eigenvalue weighted by Crippen LogP contribution is 2.12. The van der Waals surface area contributed by atoms with Gasteiger partial charge in [0.15, 0.2) is 5.69 Å². The predicted molar refractivity (Wildman–Crippen MR) is 91.7 cm³/mol. The Bertz CT molecular complexity index is 745. The molecule has 0 bridgehead atoms. The van der Waals surface area contributed by atoms with E-state index in [1.54, 1.807) is 30.3 Å². The number of amides is 2. The number of nitrogens with one attached hydrogen (secondary N) is 2. The number of carbonyl (C=O) groups is 2. The van der Waals surface area contributed by atoms with E-state index in [4.69, 9.17) is 11.6 Å². The molecule has 6 nitrogen and oxygen atoms in total. The van der Waals surface area contributed by atoms with Crippen molar-refractivity contribution in [3.8, 4) is 5.75 Å². The minimum Gasteiger partial charge on any atom is -0.505 e. The number of nitrogens with zero attached hydrogens (tertiary/aromatic N) is 1. The molecule has 1 aromatic heterocycles. The first-order chi connectivity index (χ1) is 11.6. The second-order valence-corrected chi connectivity index (χ2v) is 5.24. The van der Waals surface area contributed by atoms with Crippen molar-refractivity contribution in [3.05, 3.63) is 65.0 Å². The van der Waals surface area contributed by atoms with Gasteiger partial charge in [0.25, 0.3) is 5.91 Å². The number of aromatic nitrogens is 1. The topological polar surface area (TPSA) is 91.3 Å². The molecule has 0 unspecified atom stereocenters. The fourth-order valence-electron chi connectivity index (χ4n) is 1.82. The lowest BCUT2D eigenvalue weighted by Gasteiger charge is -2.06. The first-order valence-corrected chi connectivity index (χ1v) is 7.58. The van der Waals surface area contributed by atoms with Gasteiger partial charge in [-0.15, -0.1) is 0 Å². The summed E-state index contributed by atoms with van der Waals surface area (Å²) in [6.45, 7) is 0.471. The lowest BCUT2D eigenvalue weighted by Crippen LogP contribution is -2.34. The Kier molecular flexibility index (Phi) is 6.33. The van der Waals surface area contributed by atoms with Crippen molar-refractivity contribution in [1.29, 1.82) is 0 Å². The van der Waals surface area contributed by atoms with Crippen molar-refractivity contribution in [2.45, 2.75) is 0 Å². The molecule has 24 heavy (non-hydrogen) atoms. The predicted octanol–water partition coefficient (Wildman–Crippen LogP) is 2.00. The van der Waals surface area contributed by atoms with E-state index < -0.39 is 5.91 Å². The van der Waals surface area contributed by atoms with E-state index in [0.29, 0.717) is 5.02 Å². The third kappa shape index (κ3) is 5.40. The molecule has 1 heterocycles. The van der Waals surface area contributed by atoms with Crippen molar-refractivity contribution < 1.29 is 14.7 Å². The van der Waals surface area contributed by atoms with Gasteiger partial charge >= 0.3 is 0 Å². The second-order valence-electron chi connectivity index (χ2n) is 4.80. The Balaban J connectivity index is 1.72. The first-order valence-electron chi connectivity index (χ1n) is 7.20. The Morgan fingerprint density at radius 1 is 1.12 bits per heavy atom. The van der Waals surface area contributed by atoms with Crippen LogP contribution < -0.4 is 10.6 Å². The molecule has 0 fully saturated rings. The lowest BCUT2D eigenvalue weighted by molar-refractivity contribution is -0.116. The molecule has 2 amide bonds. The van der Waals surface area contributed by atoms with Crippen LogP contribution in [0.3, 0.4) is 0 Å². The second kappa shape index (κ2) is 8.69. The van der Waals surface area contributed by atoms with Gasteiger partial charge < -0.3 is 15.7 Å². The fourth-order valence-corrected chi connectivity index (χ4v) is 1.95. The monoisotopic (exact) mass is 345 g/mol. The van der Waals surface area contributed by atoms with Gasteiger partial charge in [-0.1, -0.05) is 23.7 Å². The van der Waals surface area contributed by atoms with Crippen molar-refractivity contribution in [2.24, 2.45) is 0 Å². The minimum absolute atomic E-state index is 0.0496. The molecule has 0 aliphatic heterocycles. The number of benzene rings is 1. The molecule has 0 radical (unpaired) electrons. The van der Waals surface area contributed by atoms with E-state index in [-0.39, 0.29) is 30.4 Å². The molecule has 0 atom stereocenters. The minimum atomic E-state index is -0.501. The Hall–Kier alpha value is -2.86. The molecule has 2 rings (SSSR count). The van der Waals surface area contributed by atoms with Crippen LogP contribution in [0.25, 0.3) is 6.08 Å². The summed E-state index contributed by atoms with van der Waals surface area (Å²) in [5.74, 6) is -0.969. The van der Waals surface area contributed by atoms with Gasteiger partial charge in [-0.05, 0) is 35.9 Å². The first kappa shape index (κ1) is 17.5. The summed E-state index contributed by atoms with van der Waals surface area (Å²) in [5.41, 5.74) is 0.806. The number of pyridine rings is 1. The van der Waals surface area contributed by atoms with Crippen molar-refractivity contribution in [3.63, 3.8) is 0 Å². The van der Waals surface area contributed by atoms with Crippen LogP contribution in [0.15, 0.2) is 48.7 Å². The van der Waals surface area contributed by atoms with Crippen LogP contribution in [0, 0.1) is 0 Å². The van der Waals surface area contributed by atoms with Crippen LogP contribution in [-0.2, 0) is 4.79 Å². The van der Waals surface area contributed by atoms with Crippen LogP contribution >= 0.6 is 11.6 Å². The van der Waals surface area contributed by atoms with E-state index >= 15 is 0 Å². The van der Waals surface area contributed by atoms with Crippen LogP contribution in [0.2, 0.25) is 5.02 Å². The summed E-state index contributed by atoms with van der Waals surface area (Å²) in [6.07, 6.45) is 4.48. The van der Waals surface area contributed by atoms with Crippen molar-refractivity contribution in [2.75, 3.05) is 13.1 Å². The summed E-state index contributed by atoms with van der Waals surface area (Å²) in [5, 5.41) is 15.3. The molecule has 1 aromatic carbocycles. The quantitative estimate of drug-likeness (QED) is 0.551. The molecule has 124 valence electrons. The lowest BCUT2D eigenvalue weighted by atomic mass is 10.2. The maximum Gasteiger partial charge on any atom is 0.273 e. The number of halogens is 1. The number of aromatic hydroxyl groups is 1. The number of hydrogen-bond acceptors (Lipinski definition) is 4. The highest BCUT2D eigenvalue weighted by Gasteiger charge is 2.10. The zero-order valence-electron chi connectivity index (χ0n) is 12.7. The fraction of sp³-hybridized carbons (Fsp3) is 0.118. The SMILES string of the molecule is O=C(C=Cc1ccc(Cl)cc1)NCCNC(=O)c1ncccc1O. The number of rotatable bonds is 6. The van der Waals surface area contributed by atoms with E-state index in [1.165, 1.54) is 24.4 Å². The molecule has 0 aliphatic carbocycles. The van der Waals surface area contributed by atoms with Gasteiger partial charge in [-0.2, -0.15) is 0 Å². The summed E-state index contributed by atoms with van der Waals surface area (Å²) in [4.78, 5) is 27.2. The average Bonchev–Trinajstić information content (AvgIpc) is 2.58. The molecule has 0 aliphatic rings. The zero-order valence-corrected chi connectivity index (χ0v) is 13.5. The van der Waals surface area contributed by atoms with Crippen LogP contribution in [0.5, 0.6) is 5.75 Å². The smallest absolute Gasteiger partial charge is 0.273 e. The molecule has 0 saturated heterocycles. The van der Waals surface area contributed by atoms with Gasteiger partial charge in [0.1, 0.15) is 5.75 Å². The van der Waals surface area contributed by atoms with Crippen LogP contribution in [0.4, 0.5) is 0 Å². The van der Waals surface area contributed by atoms with E-state index in [2.05, 4.69) is 15.6 Å². The van der Waals surface area contributed by atoms with E-state index in [0.717, 1.165) is 5.56 Å². The third-order valence-electron chi connectivity index (χ3n) is 3.01. The molecular formula is C17H16ClN3O3. The van der Waals surface area contributed by atoms with Gasteiger partial charge in [-0.3, -0.25) is 9.59 Å². The maximum atomic E-state index is 11.8. The van der Waals surface area contributed by atoms with Gasteiger partial charge in [-0.25, -0.2) is 4.98 Å². The van der Waals surface area contributed by atoms with Crippen LogP contribution in [-0.4, -0.2) is 35.0 Å². The molecule has 7 heteroatoms. The zero-order chi connectivity index (χ0) is 17.4. The molecule has 0 spiro atoms. The summed E-state index contributed by atoms with van der Waals surface area (Å²) in [6, 6.07) is 9.98. The summed E-state index contributed by atoms with van der Waals surface area (Å²) < 4.78 is 0. The highest BCUT2D eigenvalue weighted by atomic mass is 35.5. The third-order valence-corrected chi connectivity index (χ3v) is 3.26. The van der Waals surface area contributed by atoms with E-state index in [1.807, 2.05) is 0 Å². The Labute approximate surface area is 144 Å². The van der Waals surface area contributed by atoms with Gasteiger partial charge in [0.2, 0.25) is 5.91 Å². The number of hydrogen-bond donors (Lipinski definition) is 3. The summed E-state index contributed by atoms with van der Waals surface area (Å²) >= 11 is 5.78. The van der Waals surface area contributed by atoms with Crippen molar-refractivity contribution in [1.82, 2.24) is 15.6 Å². The average molecular weight is 346 g/mol. The number of carbonyl (C=O) groups excluding carboxylic acids is 2. The van der Waals surface area contributed by atoms with Crippen molar-refractivity contribution >= 4 is 29.5 Å². The largest absolute Gasteiger partial charge is 0.505 e. The summed E-state index contributed by atoms with van der Waals surface area (Å²) in [7, 11) is 0. The van der Waals surface area contributed by atoms with Gasteiger partial charge in [0, 0.05) is 30.4 Å². The van der Waals surface area contributed by atoms with E-state index in [9.17, 15) is 14.7 Å². The molecule has 2 aromatic rings. The van der Waals surface area contributed by atoms with Gasteiger partial charge in [0.05, 0.1) is 0 Å². The molecule has 3 N–H and O–H groups in total. The Morgan fingerprint density at radius 2 is 1.83 bits per heavy atom. The Morgan fingerprint density at radius 3 is 2.54 bits per heavy atom. The highest BCUT2D eigenvalue weighted by molar-refractivity contribution is 6.30. The maximum absolute atomic E-state index is 11.8. The normalized spacial score (nSPS) is 10.5. The standard InChI is InChI=1S/C17H16ClN3O3/c18-13-6-3-12(4-7-13)5-8-15(23)19-10-11-21-17(24)16-14(22)2-1-9-20-16/h1-9,22H,10-11H2,(H,19,23)(H,21,24). The van der Waals surface area contributed by atoms with Crippen LogP contribution in [0.1, 0.15) is 16.1 Å².